The summed E-state index contributed by atoms with van der Waals surface area (Å²) in [4.78, 5) is 25.2. The highest BCUT2D eigenvalue weighted by molar-refractivity contribution is 5.93. The standard InChI is InChI=1S/C11H14N2O2/c1-8(14)10-4-3-5-13(11(10)15)9-6-12(2)7-9/h3-5,9H,6-7H2,1-2H3. The van der Waals surface area contributed by atoms with Crippen LogP contribution in [0.25, 0.3) is 0 Å². The van der Waals surface area contributed by atoms with Gasteiger partial charge in [-0.2, -0.15) is 0 Å². The number of rotatable bonds is 2. The summed E-state index contributed by atoms with van der Waals surface area (Å²) >= 11 is 0. The van der Waals surface area contributed by atoms with E-state index in [0.717, 1.165) is 13.1 Å². The molecule has 0 aromatic carbocycles. The van der Waals surface area contributed by atoms with Crippen LogP contribution in [0.2, 0.25) is 0 Å². The van der Waals surface area contributed by atoms with Crippen LogP contribution in [0.15, 0.2) is 23.1 Å². The number of ketones is 1. The Balaban J connectivity index is 2.37. The number of likely N-dealkylation sites (N-methyl/N-ethyl adjacent to an activating group) is 1. The molecule has 0 aliphatic carbocycles. The second-order valence-corrected chi connectivity index (χ2v) is 4.07. The number of Topliss-reactive ketones (excluding diaryl/α,β-unsaturated/α-hetero) is 1. The summed E-state index contributed by atoms with van der Waals surface area (Å²) in [5, 5.41) is 0. The van der Waals surface area contributed by atoms with Crippen LogP contribution in [-0.4, -0.2) is 35.4 Å². The first-order valence-electron chi connectivity index (χ1n) is 5.00. The molecule has 0 spiro atoms. The van der Waals surface area contributed by atoms with Gasteiger partial charge in [-0.25, -0.2) is 0 Å². The zero-order valence-electron chi connectivity index (χ0n) is 8.93. The Morgan fingerprint density at radius 1 is 1.47 bits per heavy atom. The van der Waals surface area contributed by atoms with Gasteiger partial charge in [0.2, 0.25) is 0 Å². The van der Waals surface area contributed by atoms with Crippen LogP contribution in [-0.2, 0) is 0 Å². The highest BCUT2D eigenvalue weighted by Crippen LogP contribution is 2.16. The average molecular weight is 206 g/mol. The number of nitrogens with zero attached hydrogens (tertiary/aromatic N) is 2. The molecular weight excluding hydrogens is 192 g/mol. The number of hydrogen-bond acceptors (Lipinski definition) is 3. The van der Waals surface area contributed by atoms with Crippen molar-refractivity contribution in [3.05, 3.63) is 34.2 Å². The number of hydrogen-bond donors (Lipinski definition) is 0. The Bertz CT molecular complexity index is 444. The van der Waals surface area contributed by atoms with E-state index in [-0.39, 0.29) is 22.9 Å². The minimum atomic E-state index is -0.165. The molecule has 2 heterocycles. The van der Waals surface area contributed by atoms with Crippen molar-refractivity contribution in [2.24, 2.45) is 0 Å². The molecule has 0 amide bonds. The highest BCUT2D eigenvalue weighted by atomic mass is 16.1. The third kappa shape index (κ3) is 1.72. The van der Waals surface area contributed by atoms with Gasteiger partial charge in [0.15, 0.2) is 5.78 Å². The van der Waals surface area contributed by atoms with Gasteiger partial charge in [-0.15, -0.1) is 0 Å². The van der Waals surface area contributed by atoms with Gasteiger partial charge in [0.05, 0.1) is 11.6 Å². The Morgan fingerprint density at radius 2 is 2.13 bits per heavy atom. The summed E-state index contributed by atoms with van der Waals surface area (Å²) in [6, 6.07) is 3.57. The molecule has 1 saturated heterocycles. The zero-order valence-corrected chi connectivity index (χ0v) is 8.93. The number of likely N-dealkylation sites (tertiary alicyclic amines) is 1. The van der Waals surface area contributed by atoms with Crippen molar-refractivity contribution in [2.75, 3.05) is 20.1 Å². The van der Waals surface area contributed by atoms with E-state index in [9.17, 15) is 9.59 Å². The zero-order chi connectivity index (χ0) is 11.0. The van der Waals surface area contributed by atoms with E-state index < -0.39 is 0 Å². The lowest BCUT2D eigenvalue weighted by molar-refractivity contribution is 0.101. The summed E-state index contributed by atoms with van der Waals surface area (Å²) in [7, 11) is 2.01. The normalized spacial score (nSPS) is 17.5. The van der Waals surface area contributed by atoms with Crippen molar-refractivity contribution < 1.29 is 4.79 Å². The predicted molar refractivity (Wildman–Crippen MR) is 57.2 cm³/mol. The first-order chi connectivity index (χ1) is 7.09. The Kier molecular flexibility index (Phi) is 2.44. The third-order valence-electron chi connectivity index (χ3n) is 2.79. The fourth-order valence-electron chi connectivity index (χ4n) is 1.91. The first kappa shape index (κ1) is 10.1. The number of carbonyl (C=O) groups excluding carboxylic acids is 1. The molecule has 1 aromatic heterocycles. The minimum Gasteiger partial charge on any atom is -0.309 e. The fraction of sp³-hybridized carbons (Fsp3) is 0.455. The molecule has 0 bridgehead atoms. The first-order valence-corrected chi connectivity index (χ1v) is 5.00. The second-order valence-electron chi connectivity index (χ2n) is 4.07. The summed E-state index contributed by atoms with van der Waals surface area (Å²) < 4.78 is 1.66. The molecule has 0 saturated carbocycles. The van der Waals surface area contributed by atoms with Gasteiger partial charge in [-0.3, -0.25) is 9.59 Å². The van der Waals surface area contributed by atoms with Crippen LogP contribution < -0.4 is 5.56 Å². The molecule has 1 aliphatic rings. The third-order valence-corrected chi connectivity index (χ3v) is 2.79. The van der Waals surface area contributed by atoms with Gasteiger partial charge >= 0.3 is 0 Å². The van der Waals surface area contributed by atoms with Gasteiger partial charge < -0.3 is 9.47 Å². The Morgan fingerprint density at radius 3 is 2.67 bits per heavy atom. The van der Waals surface area contributed by atoms with Gasteiger partial charge in [0.25, 0.3) is 5.56 Å². The topological polar surface area (TPSA) is 42.3 Å². The van der Waals surface area contributed by atoms with Crippen molar-refractivity contribution in [2.45, 2.75) is 13.0 Å². The van der Waals surface area contributed by atoms with Crippen LogP contribution in [0.5, 0.6) is 0 Å². The molecule has 1 aliphatic heterocycles. The van der Waals surface area contributed by atoms with E-state index in [1.807, 2.05) is 7.05 Å². The summed E-state index contributed by atoms with van der Waals surface area (Å²) in [6.45, 7) is 3.18. The van der Waals surface area contributed by atoms with E-state index in [1.165, 1.54) is 6.92 Å². The summed E-state index contributed by atoms with van der Waals surface area (Å²) in [5.41, 5.74) is 0.121. The molecule has 0 radical (unpaired) electrons. The molecule has 1 fully saturated rings. The molecular formula is C11H14N2O2. The molecule has 80 valence electrons. The SMILES string of the molecule is CC(=O)c1cccn(C2CN(C)C2)c1=O. The summed E-state index contributed by atoms with van der Waals surface area (Å²) in [5.74, 6) is -0.165. The van der Waals surface area contributed by atoms with Crippen LogP contribution in [0.3, 0.4) is 0 Å². The van der Waals surface area contributed by atoms with Crippen molar-refractivity contribution in [3.63, 3.8) is 0 Å². The largest absolute Gasteiger partial charge is 0.309 e. The highest BCUT2D eigenvalue weighted by Gasteiger charge is 2.26. The maximum Gasteiger partial charge on any atom is 0.261 e. The molecule has 15 heavy (non-hydrogen) atoms. The van der Waals surface area contributed by atoms with Crippen LogP contribution >= 0.6 is 0 Å². The lowest BCUT2D eigenvalue weighted by Crippen LogP contribution is -2.48. The molecule has 0 unspecified atom stereocenters. The van der Waals surface area contributed by atoms with Gasteiger partial charge in [-0.1, -0.05) is 0 Å². The van der Waals surface area contributed by atoms with Crippen molar-refractivity contribution in [3.8, 4) is 0 Å². The Hall–Kier alpha value is -1.42. The summed E-state index contributed by atoms with van der Waals surface area (Å²) in [6.07, 6.45) is 1.76. The van der Waals surface area contributed by atoms with Crippen LogP contribution in [0, 0.1) is 0 Å². The van der Waals surface area contributed by atoms with Crippen LogP contribution in [0.4, 0.5) is 0 Å². The van der Waals surface area contributed by atoms with E-state index >= 15 is 0 Å². The quantitative estimate of drug-likeness (QED) is 0.663. The van der Waals surface area contributed by atoms with Gasteiger partial charge in [0, 0.05) is 19.3 Å². The second kappa shape index (κ2) is 3.62. The molecule has 4 heteroatoms. The molecule has 0 atom stereocenters. The maximum atomic E-state index is 11.9. The van der Waals surface area contributed by atoms with Crippen molar-refractivity contribution in [1.82, 2.24) is 9.47 Å². The molecule has 1 aromatic rings. The molecule has 0 N–H and O–H groups in total. The van der Waals surface area contributed by atoms with Crippen molar-refractivity contribution in [1.29, 1.82) is 0 Å². The number of aromatic nitrogens is 1. The lowest BCUT2D eigenvalue weighted by atomic mass is 10.1. The van der Waals surface area contributed by atoms with E-state index in [2.05, 4.69) is 4.90 Å². The molecule has 4 nitrogen and oxygen atoms in total. The van der Waals surface area contributed by atoms with E-state index in [0.29, 0.717) is 0 Å². The predicted octanol–water partition coefficient (Wildman–Crippen LogP) is 0.537. The van der Waals surface area contributed by atoms with Crippen molar-refractivity contribution >= 4 is 5.78 Å². The van der Waals surface area contributed by atoms with E-state index in [4.69, 9.17) is 0 Å². The number of pyridine rings is 1. The smallest absolute Gasteiger partial charge is 0.261 e. The molecule has 2 rings (SSSR count). The van der Waals surface area contributed by atoms with E-state index in [1.54, 1.807) is 22.9 Å². The van der Waals surface area contributed by atoms with Crippen LogP contribution in [0.1, 0.15) is 23.3 Å². The van der Waals surface area contributed by atoms with Gasteiger partial charge in [0.1, 0.15) is 0 Å². The lowest BCUT2D eigenvalue weighted by Gasteiger charge is -2.37. The average Bonchev–Trinajstić information content (AvgIpc) is 2.13. The number of carbonyl (C=O) groups is 1. The van der Waals surface area contributed by atoms with Gasteiger partial charge in [-0.05, 0) is 26.1 Å². The fourth-order valence-corrected chi connectivity index (χ4v) is 1.91. The minimum absolute atomic E-state index is 0.164. The maximum absolute atomic E-state index is 11.9. The Labute approximate surface area is 88.1 Å². The monoisotopic (exact) mass is 206 g/mol.